The molecule has 18 heavy (non-hydrogen) atoms. The molecule has 2 N–H and O–H groups in total. The number of carboxylic acids is 1. The van der Waals surface area contributed by atoms with Crippen LogP contribution in [-0.4, -0.2) is 46.8 Å². The largest absolute Gasteiger partial charge is 0.481 e. The number of imide groups is 1. The molecule has 1 rings (SSSR count). The molecule has 0 spiro atoms. The first kappa shape index (κ1) is 14.1. The molecular weight excluding hydrogens is 240 g/mol. The Morgan fingerprint density at radius 3 is 2.39 bits per heavy atom. The van der Waals surface area contributed by atoms with Crippen LogP contribution in [0.2, 0.25) is 0 Å². The SMILES string of the molecule is CN1C(=O)CC(NC(=O)CC(C)(C)C(=O)O)C1=O. The van der Waals surface area contributed by atoms with Gasteiger partial charge in [0.05, 0.1) is 11.8 Å². The Balaban J connectivity index is 2.60. The van der Waals surface area contributed by atoms with Gasteiger partial charge in [0.25, 0.3) is 5.91 Å². The van der Waals surface area contributed by atoms with Gasteiger partial charge in [-0.25, -0.2) is 0 Å². The molecule has 0 aromatic carbocycles. The predicted molar refractivity (Wildman–Crippen MR) is 60.4 cm³/mol. The Morgan fingerprint density at radius 1 is 1.44 bits per heavy atom. The van der Waals surface area contributed by atoms with Crippen molar-refractivity contribution in [1.29, 1.82) is 0 Å². The molecule has 0 radical (unpaired) electrons. The van der Waals surface area contributed by atoms with Crippen LogP contribution >= 0.6 is 0 Å². The quantitative estimate of drug-likeness (QED) is 0.651. The zero-order valence-electron chi connectivity index (χ0n) is 10.5. The molecule has 1 aliphatic rings. The highest BCUT2D eigenvalue weighted by Gasteiger charge is 2.38. The van der Waals surface area contributed by atoms with Crippen LogP contribution < -0.4 is 5.32 Å². The van der Waals surface area contributed by atoms with Crippen LogP contribution in [0.4, 0.5) is 0 Å². The standard InChI is InChI=1S/C11H16N2O5/c1-11(2,10(17)18)5-7(14)12-6-4-8(15)13(3)9(6)16/h6H,4-5H2,1-3H3,(H,12,14)(H,17,18). The number of rotatable bonds is 4. The molecule has 1 unspecified atom stereocenters. The summed E-state index contributed by atoms with van der Waals surface area (Å²) in [5.74, 6) is -2.48. The number of carboxylic acid groups (broad SMARTS) is 1. The van der Waals surface area contributed by atoms with Crippen molar-refractivity contribution >= 4 is 23.7 Å². The number of carbonyl (C=O) groups is 4. The fourth-order valence-corrected chi connectivity index (χ4v) is 1.59. The van der Waals surface area contributed by atoms with Crippen molar-refractivity contribution in [1.82, 2.24) is 10.2 Å². The van der Waals surface area contributed by atoms with Gasteiger partial charge < -0.3 is 10.4 Å². The van der Waals surface area contributed by atoms with E-state index in [2.05, 4.69) is 5.32 Å². The van der Waals surface area contributed by atoms with Crippen molar-refractivity contribution < 1.29 is 24.3 Å². The van der Waals surface area contributed by atoms with E-state index in [1.54, 1.807) is 0 Å². The molecule has 100 valence electrons. The molecule has 1 atom stereocenters. The number of likely N-dealkylation sites (tertiary alicyclic amines) is 1. The van der Waals surface area contributed by atoms with E-state index in [1.165, 1.54) is 20.9 Å². The third-order valence-electron chi connectivity index (χ3n) is 2.90. The molecule has 0 bridgehead atoms. The Morgan fingerprint density at radius 2 is 2.00 bits per heavy atom. The second kappa shape index (κ2) is 4.75. The summed E-state index contributed by atoms with van der Waals surface area (Å²) in [4.78, 5) is 46.2. The topological polar surface area (TPSA) is 104 Å². The number of amides is 3. The number of likely N-dealkylation sites (N-methyl/N-ethyl adjacent to an activating group) is 1. The van der Waals surface area contributed by atoms with Crippen LogP contribution in [0.25, 0.3) is 0 Å². The minimum absolute atomic E-state index is 0.0748. The summed E-state index contributed by atoms with van der Waals surface area (Å²) in [5.41, 5.74) is -1.21. The maximum atomic E-state index is 11.6. The second-order valence-corrected chi connectivity index (χ2v) is 4.98. The van der Waals surface area contributed by atoms with Gasteiger partial charge in [0.15, 0.2) is 0 Å². The average Bonchev–Trinajstić information content (AvgIpc) is 2.45. The fourth-order valence-electron chi connectivity index (χ4n) is 1.59. The van der Waals surface area contributed by atoms with Gasteiger partial charge in [-0.05, 0) is 13.8 Å². The van der Waals surface area contributed by atoms with Crippen LogP contribution in [0.1, 0.15) is 26.7 Å². The Labute approximate surface area is 104 Å². The van der Waals surface area contributed by atoms with Crippen molar-refractivity contribution in [2.75, 3.05) is 7.05 Å². The van der Waals surface area contributed by atoms with Crippen molar-refractivity contribution in [2.24, 2.45) is 5.41 Å². The summed E-state index contributed by atoms with van der Waals surface area (Å²) in [6.07, 6.45) is -0.321. The van der Waals surface area contributed by atoms with Crippen LogP contribution in [-0.2, 0) is 19.2 Å². The van der Waals surface area contributed by atoms with Gasteiger partial charge in [0, 0.05) is 13.5 Å². The first-order valence-corrected chi connectivity index (χ1v) is 5.48. The molecular formula is C11H16N2O5. The monoisotopic (exact) mass is 256 g/mol. The lowest BCUT2D eigenvalue weighted by Crippen LogP contribution is -2.43. The molecule has 1 heterocycles. The van der Waals surface area contributed by atoms with Gasteiger partial charge in [-0.15, -0.1) is 0 Å². The van der Waals surface area contributed by atoms with E-state index in [0.29, 0.717) is 0 Å². The molecule has 0 saturated carbocycles. The molecule has 7 heteroatoms. The highest BCUT2D eigenvalue weighted by molar-refractivity contribution is 6.06. The molecule has 0 aliphatic carbocycles. The summed E-state index contributed by atoms with van der Waals surface area (Å²) in [7, 11) is 1.35. The maximum absolute atomic E-state index is 11.6. The highest BCUT2D eigenvalue weighted by Crippen LogP contribution is 2.20. The summed E-state index contributed by atoms with van der Waals surface area (Å²) in [6.45, 7) is 2.84. The number of nitrogens with one attached hydrogen (secondary N) is 1. The predicted octanol–water partition coefficient (Wildman–Crippen LogP) is -0.639. The van der Waals surface area contributed by atoms with Gasteiger partial charge in [-0.2, -0.15) is 0 Å². The highest BCUT2D eigenvalue weighted by atomic mass is 16.4. The first-order chi connectivity index (χ1) is 8.15. The van der Waals surface area contributed by atoms with E-state index in [1.807, 2.05) is 0 Å². The van der Waals surface area contributed by atoms with Crippen LogP contribution in [0.15, 0.2) is 0 Å². The minimum Gasteiger partial charge on any atom is -0.481 e. The molecule has 0 aromatic rings. The van der Waals surface area contributed by atoms with Crippen molar-refractivity contribution in [3.05, 3.63) is 0 Å². The zero-order valence-corrected chi connectivity index (χ0v) is 10.5. The Bertz CT molecular complexity index is 416. The van der Waals surface area contributed by atoms with Gasteiger partial charge >= 0.3 is 5.97 Å². The summed E-state index contributed by atoms with van der Waals surface area (Å²) < 4.78 is 0. The minimum atomic E-state index is -1.21. The lowest BCUT2D eigenvalue weighted by molar-refractivity contribution is -0.149. The summed E-state index contributed by atoms with van der Waals surface area (Å²) in [5, 5.41) is 11.3. The maximum Gasteiger partial charge on any atom is 0.309 e. The molecule has 7 nitrogen and oxygen atoms in total. The van der Waals surface area contributed by atoms with Gasteiger partial charge in [0.1, 0.15) is 6.04 Å². The normalized spacial score (nSPS) is 20.2. The number of nitrogens with zero attached hydrogens (tertiary/aromatic N) is 1. The van der Waals surface area contributed by atoms with E-state index >= 15 is 0 Å². The number of hydrogen-bond donors (Lipinski definition) is 2. The lowest BCUT2D eigenvalue weighted by atomic mass is 9.89. The smallest absolute Gasteiger partial charge is 0.309 e. The number of aliphatic carboxylic acids is 1. The van der Waals surface area contributed by atoms with Gasteiger partial charge in [-0.3, -0.25) is 24.1 Å². The molecule has 0 aromatic heterocycles. The number of hydrogen-bond acceptors (Lipinski definition) is 4. The zero-order chi connectivity index (χ0) is 14.1. The fraction of sp³-hybridized carbons (Fsp3) is 0.636. The summed E-state index contributed by atoms with van der Waals surface area (Å²) >= 11 is 0. The van der Waals surface area contributed by atoms with Crippen molar-refractivity contribution in [2.45, 2.75) is 32.7 Å². The lowest BCUT2D eigenvalue weighted by Gasteiger charge is -2.19. The van der Waals surface area contributed by atoms with Crippen molar-refractivity contribution in [3.8, 4) is 0 Å². The molecule has 1 saturated heterocycles. The van der Waals surface area contributed by atoms with Crippen LogP contribution in [0, 0.1) is 5.41 Å². The first-order valence-electron chi connectivity index (χ1n) is 5.48. The van der Waals surface area contributed by atoms with E-state index in [4.69, 9.17) is 5.11 Å². The van der Waals surface area contributed by atoms with Crippen LogP contribution in [0.5, 0.6) is 0 Å². The third-order valence-corrected chi connectivity index (χ3v) is 2.90. The van der Waals surface area contributed by atoms with E-state index in [-0.39, 0.29) is 18.7 Å². The van der Waals surface area contributed by atoms with E-state index < -0.39 is 29.2 Å². The van der Waals surface area contributed by atoms with Gasteiger partial charge in [0.2, 0.25) is 11.8 Å². The molecule has 1 aliphatic heterocycles. The third kappa shape index (κ3) is 2.85. The van der Waals surface area contributed by atoms with E-state index in [0.717, 1.165) is 4.90 Å². The second-order valence-electron chi connectivity index (χ2n) is 4.98. The van der Waals surface area contributed by atoms with Crippen molar-refractivity contribution in [3.63, 3.8) is 0 Å². The Hall–Kier alpha value is -1.92. The van der Waals surface area contributed by atoms with Gasteiger partial charge in [-0.1, -0.05) is 0 Å². The summed E-state index contributed by atoms with van der Waals surface area (Å²) in [6, 6.07) is -0.875. The average molecular weight is 256 g/mol. The molecule has 1 fully saturated rings. The van der Waals surface area contributed by atoms with Crippen LogP contribution in [0.3, 0.4) is 0 Å². The van der Waals surface area contributed by atoms with E-state index in [9.17, 15) is 19.2 Å². The Kier molecular flexibility index (Phi) is 3.73. The molecule has 3 amide bonds. The number of carbonyl (C=O) groups excluding carboxylic acids is 3.